The van der Waals surface area contributed by atoms with Gasteiger partial charge in [-0.05, 0) is 42.8 Å². The molecular formula is C29H32N4O8. The zero-order valence-electron chi connectivity index (χ0n) is 23.1. The van der Waals surface area contributed by atoms with Crippen molar-refractivity contribution in [1.29, 1.82) is 5.41 Å². The van der Waals surface area contributed by atoms with Gasteiger partial charge in [-0.3, -0.25) is 10.2 Å². The van der Waals surface area contributed by atoms with E-state index in [1.807, 2.05) is 30.3 Å². The van der Waals surface area contributed by atoms with Crippen molar-refractivity contribution in [3.05, 3.63) is 83.4 Å². The van der Waals surface area contributed by atoms with Crippen LogP contribution in [-0.4, -0.2) is 44.0 Å². The second kappa shape index (κ2) is 14.2. The predicted octanol–water partition coefficient (Wildman–Crippen LogP) is 3.25. The maximum Gasteiger partial charge on any atom is 0.395 e. The van der Waals surface area contributed by atoms with Gasteiger partial charge in [0.05, 0.1) is 14.2 Å². The summed E-state index contributed by atoms with van der Waals surface area (Å²) in [6.45, 7) is 2.72. The smallest absolute Gasteiger partial charge is 0.395 e. The lowest BCUT2D eigenvalue weighted by Crippen LogP contribution is -2.34. The molecule has 0 aromatic heterocycles. The normalized spacial score (nSPS) is 11.8. The van der Waals surface area contributed by atoms with Gasteiger partial charge < -0.3 is 30.6 Å². The van der Waals surface area contributed by atoms with E-state index < -0.39 is 30.0 Å². The van der Waals surface area contributed by atoms with Gasteiger partial charge in [0.15, 0.2) is 17.6 Å². The first-order chi connectivity index (χ1) is 19.6. The summed E-state index contributed by atoms with van der Waals surface area (Å²) in [7, 11) is 2.87. The summed E-state index contributed by atoms with van der Waals surface area (Å²) in [4.78, 5) is 46.0. The van der Waals surface area contributed by atoms with Crippen molar-refractivity contribution < 1.29 is 38.4 Å². The van der Waals surface area contributed by atoms with Crippen LogP contribution in [-0.2, 0) is 30.7 Å². The number of hydrogen-bond donors (Lipinski definition) is 4. The molecule has 3 rings (SSSR count). The van der Waals surface area contributed by atoms with Gasteiger partial charge in [-0.15, -0.1) is 0 Å². The molecule has 3 aromatic rings. The van der Waals surface area contributed by atoms with Crippen LogP contribution in [0.1, 0.15) is 36.6 Å². The lowest BCUT2D eigenvalue weighted by atomic mass is 10.0. The monoisotopic (exact) mass is 564 g/mol. The molecule has 1 amide bonds. The van der Waals surface area contributed by atoms with E-state index in [1.54, 1.807) is 30.3 Å². The van der Waals surface area contributed by atoms with Crippen molar-refractivity contribution in [3.8, 4) is 17.2 Å². The highest BCUT2D eigenvalue weighted by molar-refractivity contribution is 5.95. The molecule has 0 aliphatic rings. The third-order valence-corrected chi connectivity index (χ3v) is 5.78. The zero-order valence-corrected chi connectivity index (χ0v) is 23.1. The molecule has 0 bridgehead atoms. The number of nitrogens with one attached hydrogen (secondary N) is 3. The number of ether oxygens (including phenoxy) is 3. The molecule has 0 saturated carbocycles. The van der Waals surface area contributed by atoms with E-state index in [4.69, 9.17) is 25.4 Å². The van der Waals surface area contributed by atoms with E-state index in [0.717, 1.165) is 12.5 Å². The van der Waals surface area contributed by atoms with Gasteiger partial charge >= 0.3 is 11.9 Å². The molecular weight excluding hydrogens is 532 g/mol. The minimum atomic E-state index is -1.24. The van der Waals surface area contributed by atoms with Crippen molar-refractivity contribution >= 4 is 29.4 Å². The topological polar surface area (TPSA) is 171 Å². The molecule has 0 saturated heterocycles. The highest BCUT2D eigenvalue weighted by Gasteiger charge is 2.29. The Bertz CT molecular complexity index is 1380. The van der Waals surface area contributed by atoms with Gasteiger partial charge in [0, 0.05) is 36.3 Å². The summed E-state index contributed by atoms with van der Waals surface area (Å²) in [6.07, 6.45) is -1.24. The molecule has 12 nitrogen and oxygen atoms in total. The van der Waals surface area contributed by atoms with Crippen molar-refractivity contribution in [2.45, 2.75) is 32.5 Å². The van der Waals surface area contributed by atoms with Gasteiger partial charge in [0.2, 0.25) is 5.91 Å². The first-order valence-electron chi connectivity index (χ1n) is 12.5. The molecule has 0 aliphatic heterocycles. The number of benzene rings is 3. The summed E-state index contributed by atoms with van der Waals surface area (Å²) in [5.41, 5.74) is 7.82. The largest absolute Gasteiger partial charge is 0.493 e. The molecule has 0 unspecified atom stereocenters. The fourth-order valence-corrected chi connectivity index (χ4v) is 3.69. The SMILES string of the molecule is COc1cc(O[C@H](C)C(=O)OOC(C)=O)c([C@H](Nc2ccc(C(=N)N)cc2)C(=O)NCc2ccccc2)cc1OC. The molecule has 3 aromatic carbocycles. The number of rotatable bonds is 12. The number of nitrogens with two attached hydrogens (primary N) is 1. The second-order valence-corrected chi connectivity index (χ2v) is 8.75. The second-order valence-electron chi connectivity index (χ2n) is 8.75. The summed E-state index contributed by atoms with van der Waals surface area (Å²) < 4.78 is 16.8. The van der Waals surface area contributed by atoms with Crippen LogP contribution in [0.25, 0.3) is 0 Å². The van der Waals surface area contributed by atoms with Crippen LogP contribution in [0.3, 0.4) is 0 Å². The van der Waals surface area contributed by atoms with E-state index in [2.05, 4.69) is 20.4 Å². The Labute approximate surface area is 237 Å². The minimum Gasteiger partial charge on any atom is -0.493 e. The van der Waals surface area contributed by atoms with Crippen LogP contribution in [0, 0.1) is 5.41 Å². The number of carbonyl (C=O) groups excluding carboxylic acids is 3. The lowest BCUT2D eigenvalue weighted by Gasteiger charge is -2.25. The van der Waals surface area contributed by atoms with Crippen molar-refractivity contribution in [3.63, 3.8) is 0 Å². The molecule has 0 fully saturated rings. The van der Waals surface area contributed by atoms with Gasteiger partial charge in [-0.25, -0.2) is 19.4 Å². The summed E-state index contributed by atoms with van der Waals surface area (Å²) in [6, 6.07) is 18.0. The Kier molecular flexibility index (Phi) is 10.5. The Morgan fingerprint density at radius 2 is 1.54 bits per heavy atom. The average Bonchev–Trinajstić information content (AvgIpc) is 2.97. The fraction of sp³-hybridized carbons (Fsp3) is 0.241. The van der Waals surface area contributed by atoms with Crippen LogP contribution in [0.5, 0.6) is 17.2 Å². The molecule has 2 atom stereocenters. The number of amidine groups is 1. The van der Waals surface area contributed by atoms with Crippen molar-refractivity contribution in [2.75, 3.05) is 19.5 Å². The van der Waals surface area contributed by atoms with E-state index in [0.29, 0.717) is 22.6 Å². The molecule has 0 aliphatic carbocycles. The number of nitrogen functional groups attached to an aromatic ring is 1. The van der Waals surface area contributed by atoms with E-state index in [9.17, 15) is 14.4 Å². The average molecular weight is 565 g/mol. The Morgan fingerprint density at radius 3 is 2.12 bits per heavy atom. The zero-order chi connectivity index (χ0) is 29.9. The molecule has 216 valence electrons. The first-order valence-corrected chi connectivity index (χ1v) is 12.5. The third-order valence-electron chi connectivity index (χ3n) is 5.78. The summed E-state index contributed by atoms with van der Waals surface area (Å²) in [5, 5.41) is 13.7. The standard InChI is InChI=1S/C29H32N4O8/c1-17(29(36)41-40-18(2)34)39-23-15-25(38-4)24(37-3)14-22(23)26(28(35)32-16-19-8-6-5-7-9-19)33-21-12-10-20(11-13-21)27(30)31/h5-15,17,26,33H,16H2,1-4H3,(H3,30,31)(H,32,35)/t17-,26+/m1/s1. The Balaban J connectivity index is 2.03. The number of carbonyl (C=O) groups is 3. The lowest BCUT2D eigenvalue weighted by molar-refractivity contribution is -0.261. The highest BCUT2D eigenvalue weighted by atomic mass is 17.2. The number of methoxy groups -OCH3 is 2. The minimum absolute atomic E-state index is 0.0982. The van der Waals surface area contributed by atoms with Crippen LogP contribution >= 0.6 is 0 Å². The van der Waals surface area contributed by atoms with Gasteiger partial charge in [-0.2, -0.15) is 0 Å². The number of amides is 1. The molecule has 41 heavy (non-hydrogen) atoms. The van der Waals surface area contributed by atoms with Crippen LogP contribution < -0.4 is 30.6 Å². The first kappa shape index (κ1) is 30.3. The van der Waals surface area contributed by atoms with Crippen LogP contribution in [0.15, 0.2) is 66.7 Å². The third kappa shape index (κ3) is 8.36. The van der Waals surface area contributed by atoms with Crippen LogP contribution in [0.4, 0.5) is 5.69 Å². The van der Waals surface area contributed by atoms with Crippen LogP contribution in [0.2, 0.25) is 0 Å². The highest BCUT2D eigenvalue weighted by Crippen LogP contribution is 2.39. The molecule has 0 spiro atoms. The molecule has 5 N–H and O–H groups in total. The maximum atomic E-state index is 13.7. The van der Waals surface area contributed by atoms with Crippen molar-refractivity contribution in [2.24, 2.45) is 5.73 Å². The Morgan fingerprint density at radius 1 is 0.902 bits per heavy atom. The van der Waals surface area contributed by atoms with E-state index in [1.165, 1.54) is 27.2 Å². The number of hydrogen-bond acceptors (Lipinski definition) is 10. The quantitative estimate of drug-likeness (QED) is 0.111. The Hall–Kier alpha value is -5.26. The predicted molar refractivity (Wildman–Crippen MR) is 150 cm³/mol. The molecule has 12 heteroatoms. The van der Waals surface area contributed by atoms with E-state index >= 15 is 0 Å². The van der Waals surface area contributed by atoms with Gasteiger partial charge in [-0.1, -0.05) is 30.3 Å². The van der Waals surface area contributed by atoms with Gasteiger partial charge in [0.1, 0.15) is 17.6 Å². The van der Waals surface area contributed by atoms with Gasteiger partial charge in [0.25, 0.3) is 0 Å². The fourth-order valence-electron chi connectivity index (χ4n) is 3.69. The maximum absolute atomic E-state index is 13.7. The molecule has 0 radical (unpaired) electrons. The number of anilines is 1. The molecule has 0 heterocycles. The summed E-state index contributed by atoms with van der Waals surface area (Å²) >= 11 is 0. The van der Waals surface area contributed by atoms with E-state index in [-0.39, 0.29) is 23.9 Å². The van der Waals surface area contributed by atoms with Crippen molar-refractivity contribution in [1.82, 2.24) is 5.32 Å². The summed E-state index contributed by atoms with van der Waals surface area (Å²) in [5.74, 6) is -1.62.